The summed E-state index contributed by atoms with van der Waals surface area (Å²) in [6.45, 7) is 5.86. The van der Waals surface area contributed by atoms with E-state index in [9.17, 15) is 0 Å². The summed E-state index contributed by atoms with van der Waals surface area (Å²) in [6.07, 6.45) is 1.15. The SMILES string of the molecule is COc1c(CNC[C@@H]2Cc3ccccc3O2)c(C(C)C)nn1C. The summed E-state index contributed by atoms with van der Waals surface area (Å²) in [4.78, 5) is 0. The molecule has 5 heteroatoms. The molecule has 1 aliphatic heterocycles. The van der Waals surface area contributed by atoms with Crippen LogP contribution in [0.3, 0.4) is 0 Å². The molecule has 0 saturated heterocycles. The zero-order valence-electron chi connectivity index (χ0n) is 14.3. The van der Waals surface area contributed by atoms with Crippen LogP contribution in [0.1, 0.15) is 36.6 Å². The Morgan fingerprint density at radius 2 is 2.17 bits per heavy atom. The lowest BCUT2D eigenvalue weighted by atomic mass is 10.1. The van der Waals surface area contributed by atoms with Crippen LogP contribution >= 0.6 is 0 Å². The van der Waals surface area contributed by atoms with Crippen molar-refractivity contribution in [3.8, 4) is 11.6 Å². The molecule has 5 nitrogen and oxygen atoms in total. The maximum absolute atomic E-state index is 5.97. The Morgan fingerprint density at radius 1 is 1.39 bits per heavy atom. The number of nitrogens with one attached hydrogen (secondary N) is 1. The van der Waals surface area contributed by atoms with Crippen LogP contribution in [0.25, 0.3) is 0 Å². The second-order valence-electron chi connectivity index (χ2n) is 6.33. The first kappa shape index (κ1) is 15.9. The number of nitrogens with zero attached hydrogens (tertiary/aromatic N) is 2. The maximum atomic E-state index is 5.97. The number of benzene rings is 1. The third-order valence-electron chi connectivity index (χ3n) is 4.25. The number of hydrogen-bond acceptors (Lipinski definition) is 4. The maximum Gasteiger partial charge on any atom is 0.216 e. The molecule has 2 heterocycles. The first-order valence-corrected chi connectivity index (χ1v) is 8.15. The lowest BCUT2D eigenvalue weighted by Crippen LogP contribution is -2.30. The van der Waals surface area contributed by atoms with Gasteiger partial charge in [0.2, 0.25) is 5.88 Å². The topological polar surface area (TPSA) is 48.3 Å². The van der Waals surface area contributed by atoms with E-state index in [0.717, 1.165) is 42.4 Å². The van der Waals surface area contributed by atoms with Crippen LogP contribution < -0.4 is 14.8 Å². The number of ether oxygens (including phenoxy) is 2. The molecule has 1 aliphatic rings. The van der Waals surface area contributed by atoms with Crippen LogP contribution in [0.2, 0.25) is 0 Å². The van der Waals surface area contributed by atoms with Crippen LogP contribution in [0.4, 0.5) is 0 Å². The van der Waals surface area contributed by atoms with Gasteiger partial charge in [-0.1, -0.05) is 32.0 Å². The molecule has 0 fully saturated rings. The highest BCUT2D eigenvalue weighted by atomic mass is 16.5. The van der Waals surface area contributed by atoms with Crippen molar-refractivity contribution < 1.29 is 9.47 Å². The van der Waals surface area contributed by atoms with Gasteiger partial charge < -0.3 is 14.8 Å². The van der Waals surface area contributed by atoms with Gasteiger partial charge >= 0.3 is 0 Å². The van der Waals surface area contributed by atoms with Crippen molar-refractivity contribution in [3.05, 3.63) is 41.1 Å². The molecule has 0 aliphatic carbocycles. The lowest BCUT2D eigenvalue weighted by Gasteiger charge is -2.13. The number of aryl methyl sites for hydroxylation is 1. The van der Waals surface area contributed by atoms with Crippen molar-refractivity contribution in [3.63, 3.8) is 0 Å². The molecule has 1 aromatic heterocycles. The predicted octanol–water partition coefficient (Wildman–Crippen LogP) is 2.65. The molecule has 0 unspecified atom stereocenters. The summed E-state index contributed by atoms with van der Waals surface area (Å²) in [5, 5.41) is 8.09. The fraction of sp³-hybridized carbons (Fsp3) is 0.500. The van der Waals surface area contributed by atoms with Crippen molar-refractivity contribution >= 4 is 0 Å². The van der Waals surface area contributed by atoms with Crippen LogP contribution in [0.15, 0.2) is 24.3 Å². The van der Waals surface area contributed by atoms with Crippen molar-refractivity contribution in [2.24, 2.45) is 7.05 Å². The highest BCUT2D eigenvalue weighted by molar-refractivity contribution is 5.37. The second kappa shape index (κ2) is 6.62. The Bertz CT molecular complexity index is 654. The fourth-order valence-corrected chi connectivity index (χ4v) is 3.18. The average Bonchev–Trinajstić information content (AvgIpc) is 3.07. The first-order chi connectivity index (χ1) is 11.1. The predicted molar refractivity (Wildman–Crippen MR) is 90.1 cm³/mol. The Morgan fingerprint density at radius 3 is 2.87 bits per heavy atom. The minimum Gasteiger partial charge on any atom is -0.488 e. The summed E-state index contributed by atoms with van der Waals surface area (Å²) in [5.41, 5.74) is 3.52. The summed E-state index contributed by atoms with van der Waals surface area (Å²) in [5.74, 6) is 2.21. The van der Waals surface area contributed by atoms with Crippen LogP contribution in [0, 0.1) is 0 Å². The first-order valence-electron chi connectivity index (χ1n) is 8.15. The molecule has 1 N–H and O–H groups in total. The number of fused-ring (bicyclic) bond motifs is 1. The number of methoxy groups -OCH3 is 1. The molecule has 0 saturated carbocycles. The average molecular weight is 315 g/mol. The third kappa shape index (κ3) is 3.20. The van der Waals surface area contributed by atoms with E-state index in [4.69, 9.17) is 9.47 Å². The smallest absolute Gasteiger partial charge is 0.216 e. The molecule has 0 bridgehead atoms. The molecular formula is C18H25N3O2. The molecule has 124 valence electrons. The van der Waals surface area contributed by atoms with E-state index in [1.807, 2.05) is 23.9 Å². The van der Waals surface area contributed by atoms with E-state index in [2.05, 4.69) is 36.4 Å². The Labute approximate surface area is 137 Å². The summed E-state index contributed by atoms with van der Waals surface area (Å²) >= 11 is 0. The van der Waals surface area contributed by atoms with Gasteiger partial charge in [-0.2, -0.15) is 5.10 Å². The number of hydrogen-bond donors (Lipinski definition) is 1. The van der Waals surface area contributed by atoms with Gasteiger partial charge in [0.05, 0.1) is 18.4 Å². The van der Waals surface area contributed by atoms with Gasteiger partial charge in [-0.25, -0.2) is 4.68 Å². The largest absolute Gasteiger partial charge is 0.488 e. The van der Waals surface area contributed by atoms with E-state index < -0.39 is 0 Å². The van der Waals surface area contributed by atoms with Gasteiger partial charge in [-0.15, -0.1) is 0 Å². The van der Waals surface area contributed by atoms with Gasteiger partial charge in [0, 0.05) is 26.6 Å². The Balaban J connectivity index is 1.62. The Kier molecular flexibility index (Phi) is 4.57. The van der Waals surface area contributed by atoms with Gasteiger partial charge in [0.25, 0.3) is 0 Å². The van der Waals surface area contributed by atoms with Gasteiger partial charge in [0.15, 0.2) is 0 Å². The van der Waals surface area contributed by atoms with E-state index in [1.165, 1.54) is 5.56 Å². The summed E-state index contributed by atoms with van der Waals surface area (Å²) < 4.78 is 13.3. The molecule has 2 aromatic rings. The summed E-state index contributed by atoms with van der Waals surface area (Å²) in [7, 11) is 3.62. The van der Waals surface area contributed by atoms with E-state index in [1.54, 1.807) is 7.11 Å². The molecule has 0 spiro atoms. The zero-order valence-corrected chi connectivity index (χ0v) is 14.3. The molecule has 0 radical (unpaired) electrons. The quantitative estimate of drug-likeness (QED) is 0.890. The van der Waals surface area contributed by atoms with Gasteiger partial charge in [0.1, 0.15) is 11.9 Å². The minimum absolute atomic E-state index is 0.192. The lowest BCUT2D eigenvalue weighted by molar-refractivity contribution is 0.227. The Hall–Kier alpha value is -2.01. The zero-order chi connectivity index (χ0) is 16.4. The van der Waals surface area contributed by atoms with E-state index in [0.29, 0.717) is 5.92 Å². The van der Waals surface area contributed by atoms with Crippen molar-refractivity contribution in [2.75, 3.05) is 13.7 Å². The number of para-hydroxylation sites is 1. The van der Waals surface area contributed by atoms with Gasteiger partial charge in [-0.3, -0.25) is 0 Å². The highest BCUT2D eigenvalue weighted by Crippen LogP contribution is 2.29. The van der Waals surface area contributed by atoms with Crippen molar-refractivity contribution in [1.29, 1.82) is 0 Å². The van der Waals surface area contributed by atoms with Crippen molar-refractivity contribution in [2.45, 2.75) is 38.8 Å². The molecular weight excluding hydrogens is 290 g/mol. The van der Waals surface area contributed by atoms with Crippen molar-refractivity contribution in [1.82, 2.24) is 15.1 Å². The standard InChI is InChI=1S/C18H25N3O2/c1-12(2)17-15(18(22-4)21(3)20-17)11-19-10-14-9-13-7-5-6-8-16(13)23-14/h5-8,12,14,19H,9-11H2,1-4H3/t14-/m0/s1. The third-order valence-corrected chi connectivity index (χ3v) is 4.25. The molecule has 3 rings (SSSR count). The highest BCUT2D eigenvalue weighted by Gasteiger charge is 2.23. The normalized spacial score (nSPS) is 16.5. The van der Waals surface area contributed by atoms with Crippen LogP contribution in [-0.2, 0) is 20.0 Å². The summed E-state index contributed by atoms with van der Waals surface area (Å²) in [6, 6.07) is 8.25. The minimum atomic E-state index is 0.192. The second-order valence-corrected chi connectivity index (χ2v) is 6.33. The number of rotatable bonds is 6. The molecule has 0 amide bonds. The molecule has 1 atom stereocenters. The van der Waals surface area contributed by atoms with Gasteiger partial charge in [-0.05, 0) is 17.5 Å². The monoisotopic (exact) mass is 315 g/mol. The van der Waals surface area contributed by atoms with E-state index in [-0.39, 0.29) is 6.10 Å². The van der Waals surface area contributed by atoms with Crippen LogP contribution in [0.5, 0.6) is 11.6 Å². The number of aromatic nitrogens is 2. The fourth-order valence-electron chi connectivity index (χ4n) is 3.18. The molecule has 23 heavy (non-hydrogen) atoms. The molecule has 1 aromatic carbocycles. The van der Waals surface area contributed by atoms with Crippen LogP contribution in [-0.4, -0.2) is 29.5 Å². The van der Waals surface area contributed by atoms with E-state index >= 15 is 0 Å².